The average Bonchev–Trinajstić information content (AvgIpc) is 2.48. The van der Waals surface area contributed by atoms with Crippen LogP contribution >= 0.6 is 0 Å². The number of rotatable bonds is 7. The van der Waals surface area contributed by atoms with E-state index < -0.39 is 0 Å². The van der Waals surface area contributed by atoms with Crippen LogP contribution in [0.15, 0.2) is 48.8 Å². The zero-order valence-corrected chi connectivity index (χ0v) is 12.2. The predicted molar refractivity (Wildman–Crippen MR) is 79.4 cm³/mol. The number of nitrogens with zero attached hydrogens (tertiary/aromatic N) is 3. The maximum atomic E-state index is 5.16. The third-order valence-electron chi connectivity index (χ3n) is 3.21. The molecule has 0 spiro atoms. The molecule has 0 saturated carbocycles. The third kappa shape index (κ3) is 4.03. The Balaban J connectivity index is 2.14. The minimum Gasteiger partial charge on any atom is -0.385 e. The summed E-state index contributed by atoms with van der Waals surface area (Å²) < 4.78 is 7.29. The van der Waals surface area contributed by atoms with Gasteiger partial charge in [-0.15, -0.1) is 0 Å². The fourth-order valence-electron chi connectivity index (χ4n) is 2.20. The zero-order valence-electron chi connectivity index (χ0n) is 12.2. The van der Waals surface area contributed by atoms with Crippen molar-refractivity contribution in [1.29, 1.82) is 0 Å². The molecule has 0 aliphatic rings. The van der Waals surface area contributed by atoms with Crippen molar-refractivity contribution in [3.63, 3.8) is 0 Å². The van der Waals surface area contributed by atoms with Crippen LogP contribution in [0.4, 0.5) is 5.82 Å². The Bertz CT molecular complexity index is 516. The number of pyridine rings is 2. The first-order valence-corrected chi connectivity index (χ1v) is 6.89. The highest BCUT2D eigenvalue weighted by molar-refractivity contribution is 5.33. The molecule has 0 aromatic carbocycles. The van der Waals surface area contributed by atoms with Crippen LogP contribution in [0.1, 0.15) is 12.1 Å². The number of hydrogen-bond donors (Lipinski definition) is 0. The van der Waals surface area contributed by atoms with Crippen LogP contribution in [0.3, 0.4) is 0 Å². The second-order valence-corrected chi connectivity index (χ2v) is 4.76. The van der Waals surface area contributed by atoms with Gasteiger partial charge in [-0.05, 0) is 18.2 Å². The lowest BCUT2D eigenvalue weighted by Gasteiger charge is -2.18. The van der Waals surface area contributed by atoms with Gasteiger partial charge in [0.2, 0.25) is 0 Å². The van der Waals surface area contributed by atoms with Gasteiger partial charge in [0, 0.05) is 32.4 Å². The summed E-state index contributed by atoms with van der Waals surface area (Å²) in [4.78, 5) is 6.75. The van der Waals surface area contributed by atoms with Crippen LogP contribution < -0.4 is 9.47 Å². The maximum Gasteiger partial charge on any atom is 0.276 e. The van der Waals surface area contributed by atoms with E-state index in [1.165, 1.54) is 5.82 Å². The molecule has 0 unspecified atom stereocenters. The van der Waals surface area contributed by atoms with E-state index in [4.69, 9.17) is 4.74 Å². The highest BCUT2D eigenvalue weighted by Crippen LogP contribution is 2.11. The van der Waals surface area contributed by atoms with Crippen LogP contribution in [0.25, 0.3) is 0 Å². The van der Waals surface area contributed by atoms with Crippen molar-refractivity contribution in [2.24, 2.45) is 7.05 Å². The van der Waals surface area contributed by atoms with E-state index in [9.17, 15) is 0 Å². The summed E-state index contributed by atoms with van der Waals surface area (Å²) >= 11 is 0. The number of aromatic nitrogens is 2. The predicted octanol–water partition coefficient (Wildman–Crippen LogP) is 1.95. The molecule has 0 radical (unpaired) electrons. The van der Waals surface area contributed by atoms with Gasteiger partial charge in [-0.25, -0.2) is 4.57 Å². The summed E-state index contributed by atoms with van der Waals surface area (Å²) in [6, 6.07) is 12.3. The van der Waals surface area contributed by atoms with E-state index in [1.807, 2.05) is 24.4 Å². The number of hydrogen-bond acceptors (Lipinski definition) is 3. The first-order chi connectivity index (χ1) is 9.81. The summed E-state index contributed by atoms with van der Waals surface area (Å²) in [5.74, 6) is 1.19. The highest BCUT2D eigenvalue weighted by atomic mass is 16.5. The number of aryl methyl sites for hydroxylation is 1. The van der Waals surface area contributed by atoms with E-state index in [0.717, 1.165) is 31.8 Å². The van der Waals surface area contributed by atoms with Crippen molar-refractivity contribution >= 4 is 5.82 Å². The van der Waals surface area contributed by atoms with Gasteiger partial charge in [-0.2, -0.15) is 0 Å². The van der Waals surface area contributed by atoms with E-state index in [-0.39, 0.29) is 0 Å². The van der Waals surface area contributed by atoms with Crippen molar-refractivity contribution in [2.75, 3.05) is 25.2 Å². The summed E-state index contributed by atoms with van der Waals surface area (Å²) in [6.45, 7) is 2.53. The maximum absolute atomic E-state index is 5.16. The molecule has 2 aromatic rings. The average molecular weight is 272 g/mol. The lowest BCUT2D eigenvalue weighted by atomic mass is 10.3. The Hall–Kier alpha value is -1.94. The molecular formula is C16H22N3O+. The Morgan fingerprint density at radius 3 is 2.75 bits per heavy atom. The Kier molecular flexibility index (Phi) is 5.50. The first-order valence-electron chi connectivity index (χ1n) is 6.89. The fourth-order valence-corrected chi connectivity index (χ4v) is 2.20. The number of ether oxygens (including phenoxy) is 1. The van der Waals surface area contributed by atoms with Gasteiger partial charge in [-0.3, -0.25) is 9.88 Å². The van der Waals surface area contributed by atoms with Gasteiger partial charge in [-0.1, -0.05) is 12.1 Å². The largest absolute Gasteiger partial charge is 0.385 e. The van der Waals surface area contributed by atoms with Crippen LogP contribution in [0.2, 0.25) is 0 Å². The Morgan fingerprint density at radius 2 is 2.05 bits per heavy atom. The monoisotopic (exact) mass is 272 g/mol. The molecule has 20 heavy (non-hydrogen) atoms. The van der Waals surface area contributed by atoms with E-state index >= 15 is 0 Å². The molecule has 0 fully saturated rings. The van der Waals surface area contributed by atoms with Crippen LogP contribution in [0, 0.1) is 0 Å². The fraction of sp³-hybridized carbons (Fsp3) is 0.375. The lowest BCUT2D eigenvalue weighted by molar-refractivity contribution is -0.659. The summed E-state index contributed by atoms with van der Waals surface area (Å²) in [7, 11) is 3.81. The Labute approximate surface area is 120 Å². The summed E-state index contributed by atoms with van der Waals surface area (Å²) in [5.41, 5.74) is 1.08. The topological polar surface area (TPSA) is 29.2 Å². The van der Waals surface area contributed by atoms with Gasteiger partial charge in [0.05, 0.1) is 25.5 Å². The van der Waals surface area contributed by atoms with Crippen molar-refractivity contribution < 1.29 is 9.30 Å². The van der Waals surface area contributed by atoms with Gasteiger partial charge >= 0.3 is 0 Å². The lowest BCUT2D eigenvalue weighted by Crippen LogP contribution is -2.39. The van der Waals surface area contributed by atoms with E-state index in [2.05, 4.69) is 45.9 Å². The van der Waals surface area contributed by atoms with Gasteiger partial charge in [0.15, 0.2) is 0 Å². The van der Waals surface area contributed by atoms with Crippen LogP contribution in [-0.2, 0) is 18.3 Å². The molecule has 106 valence electrons. The Morgan fingerprint density at radius 1 is 1.20 bits per heavy atom. The van der Waals surface area contributed by atoms with Crippen molar-refractivity contribution in [3.8, 4) is 0 Å². The molecule has 0 aliphatic carbocycles. The van der Waals surface area contributed by atoms with Crippen molar-refractivity contribution in [3.05, 3.63) is 54.5 Å². The normalized spacial score (nSPS) is 10.5. The first kappa shape index (κ1) is 14.5. The molecule has 4 nitrogen and oxygen atoms in total. The molecule has 0 atom stereocenters. The zero-order chi connectivity index (χ0) is 14.2. The smallest absolute Gasteiger partial charge is 0.276 e. The van der Waals surface area contributed by atoms with Crippen molar-refractivity contribution in [2.45, 2.75) is 13.0 Å². The summed E-state index contributed by atoms with van der Waals surface area (Å²) in [5, 5.41) is 0. The van der Waals surface area contributed by atoms with Crippen LogP contribution in [-0.4, -0.2) is 25.2 Å². The molecule has 0 aliphatic heterocycles. The van der Waals surface area contributed by atoms with E-state index in [0.29, 0.717) is 0 Å². The van der Waals surface area contributed by atoms with Crippen LogP contribution in [0.5, 0.6) is 0 Å². The SMILES string of the molecule is COCCCN(Cc1ccccn1)c1cccc[n+]1C. The van der Waals surface area contributed by atoms with Gasteiger partial charge in [0.25, 0.3) is 5.82 Å². The second kappa shape index (κ2) is 7.60. The molecule has 0 saturated heterocycles. The standard InChI is InChI=1S/C16H22N3O/c1-18-11-6-4-9-16(18)19(12-7-13-20-2)14-15-8-3-5-10-17-15/h3-6,8-11H,7,12-14H2,1-2H3/q+1. The molecule has 0 bridgehead atoms. The van der Waals surface area contributed by atoms with Gasteiger partial charge in [0.1, 0.15) is 6.54 Å². The molecule has 2 heterocycles. The quantitative estimate of drug-likeness (QED) is 0.570. The minimum atomic E-state index is 0.773. The molecule has 4 heteroatoms. The van der Waals surface area contributed by atoms with Crippen molar-refractivity contribution in [1.82, 2.24) is 4.98 Å². The minimum absolute atomic E-state index is 0.773. The molecule has 0 N–H and O–H groups in total. The molecule has 0 amide bonds. The highest BCUT2D eigenvalue weighted by Gasteiger charge is 2.17. The third-order valence-corrected chi connectivity index (χ3v) is 3.21. The molecule has 2 rings (SSSR count). The molecule has 2 aromatic heterocycles. The second-order valence-electron chi connectivity index (χ2n) is 4.76. The molecular weight excluding hydrogens is 250 g/mol. The van der Waals surface area contributed by atoms with E-state index in [1.54, 1.807) is 7.11 Å². The van der Waals surface area contributed by atoms with Gasteiger partial charge < -0.3 is 4.74 Å². The number of methoxy groups -OCH3 is 1. The summed E-state index contributed by atoms with van der Waals surface area (Å²) in [6.07, 6.45) is 4.91. The number of anilines is 1.